The SMILES string of the molecule is CPC1(C2CCCC2C)CCCCC1. The summed E-state index contributed by atoms with van der Waals surface area (Å²) in [6.45, 7) is 4.98. The highest BCUT2D eigenvalue weighted by Gasteiger charge is 2.42. The normalized spacial score (nSPS) is 38.1. The second kappa shape index (κ2) is 4.52. The smallest absolute Gasteiger partial charge is 0.00936 e. The van der Waals surface area contributed by atoms with Gasteiger partial charge in [0.25, 0.3) is 0 Å². The van der Waals surface area contributed by atoms with Crippen molar-refractivity contribution in [3.8, 4) is 0 Å². The van der Waals surface area contributed by atoms with Gasteiger partial charge in [0.2, 0.25) is 0 Å². The van der Waals surface area contributed by atoms with Crippen LogP contribution in [0.25, 0.3) is 0 Å². The second-order valence-corrected chi connectivity index (χ2v) is 6.98. The molecule has 0 aromatic rings. The first-order chi connectivity index (χ1) is 6.78. The van der Waals surface area contributed by atoms with Gasteiger partial charge in [-0.2, -0.15) is 0 Å². The molecule has 0 N–H and O–H groups in total. The molecule has 2 aliphatic carbocycles. The first-order valence-corrected chi connectivity index (χ1v) is 7.97. The van der Waals surface area contributed by atoms with Crippen LogP contribution in [0, 0.1) is 11.8 Å². The third-order valence-electron chi connectivity index (χ3n) is 4.81. The Morgan fingerprint density at radius 1 is 1.00 bits per heavy atom. The third kappa shape index (κ3) is 1.87. The zero-order valence-corrected chi connectivity index (χ0v) is 10.8. The van der Waals surface area contributed by atoms with Gasteiger partial charge in [0.1, 0.15) is 0 Å². The lowest BCUT2D eigenvalue weighted by atomic mass is 9.75. The Balaban J connectivity index is 2.09. The van der Waals surface area contributed by atoms with Crippen LogP contribution >= 0.6 is 8.58 Å². The Morgan fingerprint density at radius 3 is 2.21 bits per heavy atom. The van der Waals surface area contributed by atoms with Crippen LogP contribution in [0.5, 0.6) is 0 Å². The predicted molar refractivity (Wildman–Crippen MR) is 66.6 cm³/mol. The molecule has 2 saturated carbocycles. The summed E-state index contributed by atoms with van der Waals surface area (Å²) in [7, 11) is 1.20. The Morgan fingerprint density at radius 2 is 1.71 bits per heavy atom. The van der Waals surface area contributed by atoms with Crippen LogP contribution in [0.4, 0.5) is 0 Å². The van der Waals surface area contributed by atoms with Crippen molar-refractivity contribution in [2.24, 2.45) is 11.8 Å². The van der Waals surface area contributed by atoms with E-state index in [1.807, 2.05) is 0 Å². The highest BCUT2D eigenvalue weighted by Crippen LogP contribution is 2.54. The maximum Gasteiger partial charge on any atom is -0.00936 e. The Labute approximate surface area is 91.0 Å². The Kier molecular flexibility index (Phi) is 3.53. The van der Waals surface area contributed by atoms with E-state index in [1.54, 1.807) is 19.3 Å². The van der Waals surface area contributed by atoms with E-state index >= 15 is 0 Å². The summed E-state index contributed by atoms with van der Waals surface area (Å²) in [5.74, 6) is 2.12. The van der Waals surface area contributed by atoms with Gasteiger partial charge in [0, 0.05) is 0 Å². The van der Waals surface area contributed by atoms with Crippen molar-refractivity contribution in [1.29, 1.82) is 0 Å². The fourth-order valence-electron chi connectivity index (χ4n) is 3.96. The molecule has 3 unspecified atom stereocenters. The standard InChI is InChI=1S/C13H25P/c1-11-7-6-8-12(11)13(14-2)9-4-3-5-10-13/h11-12,14H,3-10H2,1-2H3. The molecule has 0 spiro atoms. The summed E-state index contributed by atoms with van der Waals surface area (Å²) in [5, 5.41) is 0.800. The average Bonchev–Trinajstić information content (AvgIpc) is 2.66. The molecule has 82 valence electrons. The van der Waals surface area contributed by atoms with Gasteiger partial charge in [-0.05, 0) is 42.9 Å². The van der Waals surface area contributed by atoms with E-state index < -0.39 is 0 Å². The average molecular weight is 212 g/mol. The van der Waals surface area contributed by atoms with E-state index in [0.717, 1.165) is 17.0 Å². The van der Waals surface area contributed by atoms with Crippen LogP contribution in [0.15, 0.2) is 0 Å². The van der Waals surface area contributed by atoms with E-state index in [4.69, 9.17) is 0 Å². The van der Waals surface area contributed by atoms with E-state index in [9.17, 15) is 0 Å². The minimum absolute atomic E-state index is 0.800. The van der Waals surface area contributed by atoms with Crippen molar-refractivity contribution >= 4 is 8.58 Å². The molecule has 2 aliphatic rings. The monoisotopic (exact) mass is 212 g/mol. The molecule has 0 heterocycles. The molecule has 0 aromatic carbocycles. The topological polar surface area (TPSA) is 0 Å². The van der Waals surface area contributed by atoms with E-state index in [2.05, 4.69) is 13.6 Å². The highest BCUT2D eigenvalue weighted by molar-refractivity contribution is 7.39. The van der Waals surface area contributed by atoms with Crippen molar-refractivity contribution in [3.63, 3.8) is 0 Å². The van der Waals surface area contributed by atoms with Crippen molar-refractivity contribution in [2.75, 3.05) is 6.66 Å². The Hall–Kier alpha value is 0.430. The molecule has 0 nitrogen and oxygen atoms in total. The minimum atomic E-state index is 0.800. The van der Waals surface area contributed by atoms with Crippen molar-refractivity contribution in [1.82, 2.24) is 0 Å². The maximum absolute atomic E-state index is 2.51. The van der Waals surface area contributed by atoms with Crippen LogP contribution in [-0.2, 0) is 0 Å². The first-order valence-electron chi connectivity index (χ1n) is 6.47. The van der Waals surface area contributed by atoms with Crippen LogP contribution in [-0.4, -0.2) is 11.8 Å². The predicted octanol–water partition coefficient (Wildman–Crippen LogP) is 4.43. The van der Waals surface area contributed by atoms with Crippen LogP contribution in [0.3, 0.4) is 0 Å². The second-order valence-electron chi connectivity index (χ2n) is 5.48. The summed E-state index contributed by atoms with van der Waals surface area (Å²) in [6, 6.07) is 0. The Bertz CT molecular complexity index is 182. The molecule has 3 atom stereocenters. The summed E-state index contributed by atoms with van der Waals surface area (Å²) >= 11 is 0. The third-order valence-corrected chi connectivity index (χ3v) is 6.68. The summed E-state index contributed by atoms with van der Waals surface area (Å²) in [5.41, 5.74) is 0. The van der Waals surface area contributed by atoms with Gasteiger partial charge in [0.05, 0.1) is 0 Å². The van der Waals surface area contributed by atoms with Crippen molar-refractivity contribution in [3.05, 3.63) is 0 Å². The molecule has 0 amide bonds. The molecule has 0 aromatic heterocycles. The van der Waals surface area contributed by atoms with Gasteiger partial charge in [-0.15, -0.1) is 8.58 Å². The maximum atomic E-state index is 2.51. The first kappa shape index (κ1) is 10.9. The molecule has 2 fully saturated rings. The lowest BCUT2D eigenvalue weighted by Gasteiger charge is -2.43. The van der Waals surface area contributed by atoms with Crippen LogP contribution in [0.1, 0.15) is 58.3 Å². The molecule has 0 bridgehead atoms. The largest absolute Gasteiger partial charge is 0.119 e. The molecular weight excluding hydrogens is 187 g/mol. The highest BCUT2D eigenvalue weighted by atomic mass is 31.1. The van der Waals surface area contributed by atoms with Gasteiger partial charge in [-0.25, -0.2) is 0 Å². The molecule has 0 aliphatic heterocycles. The summed E-state index contributed by atoms with van der Waals surface area (Å²) in [6.07, 6.45) is 12.2. The molecule has 14 heavy (non-hydrogen) atoms. The molecule has 2 rings (SSSR count). The van der Waals surface area contributed by atoms with Crippen molar-refractivity contribution < 1.29 is 0 Å². The minimum Gasteiger partial charge on any atom is -0.119 e. The molecule has 0 saturated heterocycles. The zero-order chi connectivity index (χ0) is 10.0. The van der Waals surface area contributed by atoms with Crippen LogP contribution in [0.2, 0.25) is 0 Å². The van der Waals surface area contributed by atoms with Crippen molar-refractivity contribution in [2.45, 2.75) is 63.4 Å². The van der Waals surface area contributed by atoms with Gasteiger partial charge in [0.15, 0.2) is 0 Å². The van der Waals surface area contributed by atoms with E-state index in [-0.39, 0.29) is 0 Å². The molecule has 1 heteroatoms. The summed E-state index contributed by atoms with van der Waals surface area (Å²) in [4.78, 5) is 0. The lowest BCUT2D eigenvalue weighted by molar-refractivity contribution is 0.243. The van der Waals surface area contributed by atoms with Crippen LogP contribution < -0.4 is 0 Å². The summed E-state index contributed by atoms with van der Waals surface area (Å²) < 4.78 is 0. The fourth-order valence-corrected chi connectivity index (χ4v) is 5.61. The quantitative estimate of drug-likeness (QED) is 0.594. The van der Waals surface area contributed by atoms with Gasteiger partial charge >= 0.3 is 0 Å². The molecular formula is C13H25P. The zero-order valence-electron chi connectivity index (χ0n) is 9.81. The lowest BCUT2D eigenvalue weighted by Crippen LogP contribution is -2.36. The van der Waals surface area contributed by atoms with E-state index in [0.29, 0.717) is 0 Å². The number of hydrogen-bond acceptors (Lipinski definition) is 0. The van der Waals surface area contributed by atoms with Gasteiger partial charge in [-0.1, -0.05) is 39.0 Å². The number of rotatable bonds is 2. The van der Waals surface area contributed by atoms with E-state index in [1.165, 1.54) is 40.7 Å². The van der Waals surface area contributed by atoms with Gasteiger partial charge < -0.3 is 0 Å². The number of hydrogen-bond donors (Lipinski definition) is 0. The molecule has 0 radical (unpaired) electrons. The van der Waals surface area contributed by atoms with Gasteiger partial charge in [-0.3, -0.25) is 0 Å². The fraction of sp³-hybridized carbons (Fsp3) is 1.00.